The van der Waals surface area contributed by atoms with Crippen LogP contribution < -0.4 is 5.32 Å². The molecule has 20 heavy (non-hydrogen) atoms. The molecule has 1 atom stereocenters. The summed E-state index contributed by atoms with van der Waals surface area (Å²) in [5.74, 6) is -0.127. The molecule has 1 nitrogen and oxygen atoms in total. The average Bonchev–Trinajstić information content (AvgIpc) is 2.42. The maximum Gasteiger partial charge on any atom is 0.124 e. The molecule has 0 saturated carbocycles. The predicted octanol–water partition coefficient (Wildman–Crippen LogP) is 4.68. The van der Waals surface area contributed by atoms with Crippen LogP contribution in [0.1, 0.15) is 17.0 Å². The van der Waals surface area contributed by atoms with Crippen LogP contribution in [0, 0.1) is 5.82 Å². The summed E-state index contributed by atoms with van der Waals surface area (Å²) in [5.41, 5.74) is 2.00. The monoisotopic (exact) mass is 311 g/mol. The average molecular weight is 312 g/mol. The maximum absolute atomic E-state index is 13.1. The minimum absolute atomic E-state index is 0.191. The first-order valence-electron chi connectivity index (χ1n) is 6.44. The van der Waals surface area contributed by atoms with Crippen molar-refractivity contribution >= 4 is 23.2 Å². The van der Waals surface area contributed by atoms with Gasteiger partial charge in [-0.1, -0.05) is 47.5 Å². The Kier molecular flexibility index (Phi) is 5.41. The molecule has 0 aliphatic carbocycles. The van der Waals surface area contributed by atoms with Crippen LogP contribution in [-0.2, 0) is 6.42 Å². The van der Waals surface area contributed by atoms with Crippen molar-refractivity contribution in [2.45, 2.75) is 12.3 Å². The van der Waals surface area contributed by atoms with Crippen LogP contribution in [-0.4, -0.2) is 13.6 Å². The van der Waals surface area contributed by atoms with E-state index in [-0.39, 0.29) is 11.7 Å². The summed E-state index contributed by atoms with van der Waals surface area (Å²) in [5, 5.41) is 4.37. The smallest absolute Gasteiger partial charge is 0.124 e. The molecule has 0 heterocycles. The van der Waals surface area contributed by atoms with Crippen molar-refractivity contribution in [3.63, 3.8) is 0 Å². The topological polar surface area (TPSA) is 12.0 Å². The second kappa shape index (κ2) is 7.07. The first-order valence-corrected chi connectivity index (χ1v) is 7.20. The van der Waals surface area contributed by atoms with Crippen molar-refractivity contribution in [2.75, 3.05) is 13.6 Å². The summed E-state index contributed by atoms with van der Waals surface area (Å²) in [6.07, 6.45) is 0.712. The van der Waals surface area contributed by atoms with E-state index in [1.165, 1.54) is 12.1 Å². The van der Waals surface area contributed by atoms with E-state index in [1.54, 1.807) is 6.07 Å². The Hall–Kier alpha value is -1.09. The highest BCUT2D eigenvalue weighted by atomic mass is 35.5. The van der Waals surface area contributed by atoms with E-state index in [0.717, 1.165) is 22.7 Å². The van der Waals surface area contributed by atoms with Crippen molar-refractivity contribution in [1.82, 2.24) is 5.32 Å². The van der Waals surface area contributed by atoms with Crippen molar-refractivity contribution in [3.8, 4) is 0 Å². The summed E-state index contributed by atoms with van der Waals surface area (Å²) in [4.78, 5) is 0. The van der Waals surface area contributed by atoms with Gasteiger partial charge in [-0.25, -0.2) is 4.39 Å². The Labute approximate surface area is 128 Å². The van der Waals surface area contributed by atoms with Gasteiger partial charge in [0.15, 0.2) is 0 Å². The number of benzene rings is 2. The van der Waals surface area contributed by atoms with Crippen LogP contribution in [0.25, 0.3) is 0 Å². The van der Waals surface area contributed by atoms with Crippen molar-refractivity contribution in [1.29, 1.82) is 0 Å². The highest BCUT2D eigenvalue weighted by Crippen LogP contribution is 2.29. The zero-order valence-corrected chi connectivity index (χ0v) is 12.7. The molecule has 0 spiro atoms. The Balaban J connectivity index is 2.28. The first-order chi connectivity index (χ1) is 9.61. The lowest BCUT2D eigenvalue weighted by molar-refractivity contribution is 0.616. The molecule has 4 heteroatoms. The third kappa shape index (κ3) is 3.72. The Morgan fingerprint density at radius 3 is 2.50 bits per heavy atom. The van der Waals surface area contributed by atoms with E-state index >= 15 is 0 Å². The molecule has 106 valence electrons. The van der Waals surface area contributed by atoms with Gasteiger partial charge >= 0.3 is 0 Å². The van der Waals surface area contributed by atoms with E-state index in [0.29, 0.717) is 11.4 Å². The number of rotatable bonds is 5. The maximum atomic E-state index is 13.1. The van der Waals surface area contributed by atoms with Crippen LogP contribution in [0.4, 0.5) is 4.39 Å². The van der Waals surface area contributed by atoms with E-state index < -0.39 is 0 Å². The Morgan fingerprint density at radius 1 is 1.10 bits per heavy atom. The van der Waals surface area contributed by atoms with Gasteiger partial charge in [0.05, 0.1) is 0 Å². The molecule has 0 fully saturated rings. The van der Waals surface area contributed by atoms with Gasteiger partial charge < -0.3 is 5.32 Å². The lowest BCUT2D eigenvalue weighted by Crippen LogP contribution is -2.19. The molecule has 0 bridgehead atoms. The summed E-state index contributed by atoms with van der Waals surface area (Å²) in [6, 6.07) is 12.3. The van der Waals surface area contributed by atoms with Gasteiger partial charge in [-0.3, -0.25) is 0 Å². The first kappa shape index (κ1) is 15.3. The molecule has 2 rings (SSSR count). The third-order valence-corrected chi connectivity index (χ3v) is 3.97. The van der Waals surface area contributed by atoms with E-state index in [9.17, 15) is 4.39 Å². The predicted molar refractivity (Wildman–Crippen MR) is 83.2 cm³/mol. The molecule has 1 N–H and O–H groups in total. The largest absolute Gasteiger partial charge is 0.319 e. The fourth-order valence-electron chi connectivity index (χ4n) is 2.30. The number of likely N-dealkylation sites (N-methyl/N-ethyl adjacent to an activating group) is 1. The molecule has 0 aromatic heterocycles. The normalized spacial score (nSPS) is 12.4. The fourth-order valence-corrected chi connectivity index (χ4v) is 2.83. The van der Waals surface area contributed by atoms with Gasteiger partial charge in [-0.15, -0.1) is 0 Å². The molecule has 0 saturated heterocycles. The standard InChI is InChI=1S/C16H16Cl2FN/c1-20-10-12(14-4-2-3-5-15(14)17)8-11-6-7-13(19)9-16(11)18/h2-7,9,12,20H,8,10H2,1H3. The highest BCUT2D eigenvalue weighted by Gasteiger charge is 2.16. The van der Waals surface area contributed by atoms with Crippen LogP contribution in [0.15, 0.2) is 42.5 Å². The second-order valence-electron chi connectivity index (χ2n) is 4.72. The number of hydrogen-bond acceptors (Lipinski definition) is 1. The SMILES string of the molecule is CNCC(Cc1ccc(F)cc1Cl)c1ccccc1Cl. The van der Waals surface area contributed by atoms with Gasteiger partial charge in [0.25, 0.3) is 0 Å². The molecule has 0 aliphatic heterocycles. The summed E-state index contributed by atoms with van der Waals surface area (Å²) in [7, 11) is 1.90. The molecule has 0 amide bonds. The zero-order chi connectivity index (χ0) is 14.5. The lowest BCUT2D eigenvalue weighted by Gasteiger charge is -2.19. The molecular formula is C16H16Cl2FN. The second-order valence-corrected chi connectivity index (χ2v) is 5.53. The Morgan fingerprint density at radius 2 is 1.85 bits per heavy atom. The van der Waals surface area contributed by atoms with Gasteiger partial charge in [0.2, 0.25) is 0 Å². The van der Waals surface area contributed by atoms with Crippen molar-refractivity contribution < 1.29 is 4.39 Å². The van der Waals surface area contributed by atoms with Crippen molar-refractivity contribution in [3.05, 3.63) is 69.5 Å². The molecule has 2 aromatic rings. The molecule has 0 radical (unpaired) electrons. The van der Waals surface area contributed by atoms with E-state index in [4.69, 9.17) is 23.2 Å². The summed E-state index contributed by atoms with van der Waals surface area (Å²) >= 11 is 12.4. The molecular weight excluding hydrogens is 296 g/mol. The fraction of sp³-hybridized carbons (Fsp3) is 0.250. The van der Waals surface area contributed by atoms with Gasteiger partial charge in [-0.05, 0) is 42.8 Å². The van der Waals surface area contributed by atoms with Gasteiger partial charge in [0.1, 0.15) is 5.82 Å². The van der Waals surface area contributed by atoms with Crippen LogP contribution in [0.3, 0.4) is 0 Å². The third-order valence-electron chi connectivity index (χ3n) is 3.28. The molecule has 1 unspecified atom stereocenters. The van der Waals surface area contributed by atoms with Crippen LogP contribution in [0.5, 0.6) is 0 Å². The molecule has 2 aromatic carbocycles. The minimum atomic E-state index is -0.318. The van der Waals surface area contributed by atoms with Crippen molar-refractivity contribution in [2.24, 2.45) is 0 Å². The van der Waals surface area contributed by atoms with E-state index in [2.05, 4.69) is 5.32 Å². The summed E-state index contributed by atoms with van der Waals surface area (Å²) in [6.45, 7) is 0.775. The highest BCUT2D eigenvalue weighted by molar-refractivity contribution is 6.31. The quantitative estimate of drug-likeness (QED) is 0.845. The van der Waals surface area contributed by atoms with Gasteiger partial charge in [0, 0.05) is 22.5 Å². The van der Waals surface area contributed by atoms with Crippen LogP contribution >= 0.6 is 23.2 Å². The summed E-state index contributed by atoms with van der Waals surface area (Å²) < 4.78 is 13.1. The Bertz CT molecular complexity index is 586. The minimum Gasteiger partial charge on any atom is -0.319 e. The number of hydrogen-bond donors (Lipinski definition) is 1. The van der Waals surface area contributed by atoms with E-state index in [1.807, 2.05) is 31.3 Å². The van der Waals surface area contributed by atoms with Crippen LogP contribution in [0.2, 0.25) is 10.0 Å². The zero-order valence-electron chi connectivity index (χ0n) is 11.2. The number of halogens is 3. The molecule has 0 aliphatic rings. The number of nitrogens with one attached hydrogen (secondary N) is 1. The van der Waals surface area contributed by atoms with Gasteiger partial charge in [-0.2, -0.15) is 0 Å². The lowest BCUT2D eigenvalue weighted by atomic mass is 9.91.